The van der Waals surface area contributed by atoms with E-state index in [1.165, 1.54) is 37.1 Å². The summed E-state index contributed by atoms with van der Waals surface area (Å²) in [6.45, 7) is 10.7. The lowest BCUT2D eigenvalue weighted by molar-refractivity contribution is 0.189. The Morgan fingerprint density at radius 1 is 1.38 bits per heavy atom. The van der Waals surface area contributed by atoms with Gasteiger partial charge in [-0.2, -0.15) is 0 Å². The van der Waals surface area contributed by atoms with Crippen molar-refractivity contribution in [3.63, 3.8) is 0 Å². The van der Waals surface area contributed by atoms with Crippen LogP contribution in [-0.2, 0) is 0 Å². The molecule has 1 heterocycles. The van der Waals surface area contributed by atoms with E-state index in [0.29, 0.717) is 5.96 Å². The number of rotatable bonds is 4. The maximum absolute atomic E-state index is 5.96. The molecule has 1 aliphatic rings. The van der Waals surface area contributed by atoms with Crippen molar-refractivity contribution in [1.82, 2.24) is 4.90 Å². The van der Waals surface area contributed by atoms with E-state index in [4.69, 9.17) is 5.73 Å². The Hall–Kier alpha value is -1.55. The van der Waals surface area contributed by atoms with Gasteiger partial charge in [-0.25, -0.2) is 0 Å². The highest BCUT2D eigenvalue weighted by Crippen LogP contribution is 2.15. The first-order valence-corrected chi connectivity index (χ1v) is 7.91. The van der Waals surface area contributed by atoms with Crippen LogP contribution in [-0.4, -0.2) is 37.0 Å². The van der Waals surface area contributed by atoms with Crippen LogP contribution in [0.4, 0.5) is 5.69 Å². The Bertz CT molecular complexity index is 496. The minimum Gasteiger partial charge on any atom is -0.370 e. The van der Waals surface area contributed by atoms with Crippen molar-refractivity contribution in [3.8, 4) is 0 Å². The number of nitrogens with zero attached hydrogens (tertiary/aromatic N) is 2. The van der Waals surface area contributed by atoms with Crippen LogP contribution in [0.2, 0.25) is 0 Å². The minimum absolute atomic E-state index is 0.503. The number of piperidine rings is 1. The normalized spacial score (nSPS) is 20.5. The van der Waals surface area contributed by atoms with Gasteiger partial charge < -0.3 is 16.0 Å². The Morgan fingerprint density at radius 2 is 2.19 bits per heavy atom. The second kappa shape index (κ2) is 7.46. The summed E-state index contributed by atoms with van der Waals surface area (Å²) in [5.41, 5.74) is 9.51. The summed E-state index contributed by atoms with van der Waals surface area (Å²) in [5.74, 6) is 1.32. The molecule has 1 saturated heterocycles. The van der Waals surface area contributed by atoms with E-state index < -0.39 is 0 Å². The fraction of sp³-hybridized carbons (Fsp3) is 0.588. The molecule has 116 valence electrons. The molecular weight excluding hydrogens is 260 g/mol. The Morgan fingerprint density at radius 3 is 2.90 bits per heavy atom. The number of benzene rings is 1. The van der Waals surface area contributed by atoms with Crippen LogP contribution in [0.5, 0.6) is 0 Å². The second-order valence-electron chi connectivity index (χ2n) is 6.24. The Labute approximate surface area is 128 Å². The molecule has 0 aliphatic carbocycles. The number of hydrogen-bond donors (Lipinski definition) is 2. The standard InChI is InChI=1S/C17H28N4/c1-13-5-4-9-21(12-13)10-8-19-17(18)20-16-7-6-14(2)15(3)11-16/h6-7,11,13H,4-5,8-10,12H2,1-3H3,(H3,18,19,20). The first-order valence-electron chi connectivity index (χ1n) is 7.91. The summed E-state index contributed by atoms with van der Waals surface area (Å²) in [6, 6.07) is 6.24. The molecule has 1 atom stereocenters. The SMILES string of the molecule is Cc1ccc(NC(N)=NCCN2CCCC(C)C2)cc1C. The van der Waals surface area contributed by atoms with Gasteiger partial charge >= 0.3 is 0 Å². The monoisotopic (exact) mass is 288 g/mol. The van der Waals surface area contributed by atoms with Gasteiger partial charge in [0.1, 0.15) is 0 Å². The summed E-state index contributed by atoms with van der Waals surface area (Å²) in [5, 5.41) is 3.17. The molecule has 0 spiro atoms. The molecule has 1 aromatic rings. The lowest BCUT2D eigenvalue weighted by atomic mass is 10.0. The third-order valence-corrected chi connectivity index (χ3v) is 4.22. The molecule has 21 heavy (non-hydrogen) atoms. The zero-order valence-corrected chi connectivity index (χ0v) is 13.5. The van der Waals surface area contributed by atoms with Crippen molar-refractivity contribution in [2.75, 3.05) is 31.5 Å². The predicted octanol–water partition coefficient (Wildman–Crippen LogP) is 2.76. The second-order valence-corrected chi connectivity index (χ2v) is 6.24. The van der Waals surface area contributed by atoms with E-state index in [9.17, 15) is 0 Å². The van der Waals surface area contributed by atoms with Crippen LogP contribution in [0.15, 0.2) is 23.2 Å². The zero-order chi connectivity index (χ0) is 15.2. The number of aryl methyl sites for hydroxylation is 2. The molecule has 4 nitrogen and oxygen atoms in total. The average Bonchev–Trinajstić information content (AvgIpc) is 2.43. The number of likely N-dealkylation sites (tertiary alicyclic amines) is 1. The number of anilines is 1. The molecule has 1 fully saturated rings. The zero-order valence-electron chi connectivity index (χ0n) is 13.5. The van der Waals surface area contributed by atoms with Gasteiger partial charge in [0.25, 0.3) is 0 Å². The van der Waals surface area contributed by atoms with Gasteiger partial charge in [0.05, 0.1) is 6.54 Å². The fourth-order valence-corrected chi connectivity index (χ4v) is 2.81. The van der Waals surface area contributed by atoms with Crippen molar-refractivity contribution in [3.05, 3.63) is 29.3 Å². The molecule has 0 aromatic heterocycles. The van der Waals surface area contributed by atoms with E-state index in [2.05, 4.69) is 48.1 Å². The van der Waals surface area contributed by atoms with Gasteiger partial charge in [-0.05, 0) is 62.4 Å². The van der Waals surface area contributed by atoms with E-state index in [1.807, 2.05) is 6.07 Å². The van der Waals surface area contributed by atoms with Gasteiger partial charge in [0.15, 0.2) is 5.96 Å². The summed E-state index contributed by atoms with van der Waals surface area (Å²) in [6.07, 6.45) is 2.66. The van der Waals surface area contributed by atoms with E-state index >= 15 is 0 Å². The quantitative estimate of drug-likeness (QED) is 0.661. The molecule has 1 unspecified atom stereocenters. The van der Waals surface area contributed by atoms with E-state index in [-0.39, 0.29) is 0 Å². The topological polar surface area (TPSA) is 53.6 Å². The van der Waals surface area contributed by atoms with Crippen molar-refractivity contribution >= 4 is 11.6 Å². The third-order valence-electron chi connectivity index (χ3n) is 4.22. The van der Waals surface area contributed by atoms with Gasteiger partial charge in [-0.1, -0.05) is 13.0 Å². The summed E-state index contributed by atoms with van der Waals surface area (Å²) in [7, 11) is 0. The van der Waals surface area contributed by atoms with Crippen LogP contribution in [0.25, 0.3) is 0 Å². The van der Waals surface area contributed by atoms with Crippen molar-refractivity contribution in [2.24, 2.45) is 16.6 Å². The maximum Gasteiger partial charge on any atom is 0.193 e. The van der Waals surface area contributed by atoms with Gasteiger partial charge in [-0.15, -0.1) is 0 Å². The highest BCUT2D eigenvalue weighted by atomic mass is 15.2. The summed E-state index contributed by atoms with van der Waals surface area (Å²) in [4.78, 5) is 6.92. The lowest BCUT2D eigenvalue weighted by Gasteiger charge is -2.30. The third kappa shape index (κ3) is 5.05. The summed E-state index contributed by atoms with van der Waals surface area (Å²) >= 11 is 0. The minimum atomic E-state index is 0.503. The van der Waals surface area contributed by atoms with Crippen molar-refractivity contribution in [1.29, 1.82) is 0 Å². The number of nitrogens with two attached hydrogens (primary N) is 1. The molecule has 0 amide bonds. The highest BCUT2D eigenvalue weighted by molar-refractivity contribution is 5.92. The average molecular weight is 288 g/mol. The van der Waals surface area contributed by atoms with E-state index in [0.717, 1.165) is 24.7 Å². The van der Waals surface area contributed by atoms with Gasteiger partial charge in [0, 0.05) is 18.8 Å². The Balaban J connectivity index is 1.79. The first kappa shape index (κ1) is 15.8. The molecule has 2 rings (SSSR count). The molecule has 1 aromatic carbocycles. The molecule has 3 N–H and O–H groups in total. The van der Waals surface area contributed by atoms with Crippen molar-refractivity contribution < 1.29 is 0 Å². The first-order chi connectivity index (χ1) is 10.0. The molecule has 0 radical (unpaired) electrons. The molecule has 4 heteroatoms. The molecule has 0 saturated carbocycles. The molecular formula is C17H28N4. The van der Waals surface area contributed by atoms with Crippen LogP contribution < -0.4 is 11.1 Å². The van der Waals surface area contributed by atoms with Crippen LogP contribution in [0, 0.1) is 19.8 Å². The summed E-state index contributed by atoms with van der Waals surface area (Å²) < 4.78 is 0. The van der Waals surface area contributed by atoms with Crippen LogP contribution >= 0.6 is 0 Å². The lowest BCUT2D eigenvalue weighted by Crippen LogP contribution is -2.36. The Kier molecular flexibility index (Phi) is 5.62. The molecule has 0 bridgehead atoms. The van der Waals surface area contributed by atoms with Gasteiger partial charge in [-0.3, -0.25) is 4.99 Å². The number of hydrogen-bond acceptors (Lipinski definition) is 2. The molecule has 1 aliphatic heterocycles. The maximum atomic E-state index is 5.96. The van der Waals surface area contributed by atoms with Crippen molar-refractivity contribution in [2.45, 2.75) is 33.6 Å². The number of nitrogens with one attached hydrogen (secondary N) is 1. The van der Waals surface area contributed by atoms with Crippen LogP contribution in [0.1, 0.15) is 30.9 Å². The predicted molar refractivity (Wildman–Crippen MR) is 90.9 cm³/mol. The highest BCUT2D eigenvalue weighted by Gasteiger charge is 2.15. The van der Waals surface area contributed by atoms with Gasteiger partial charge in [0.2, 0.25) is 0 Å². The van der Waals surface area contributed by atoms with Crippen LogP contribution in [0.3, 0.4) is 0 Å². The van der Waals surface area contributed by atoms with E-state index in [1.54, 1.807) is 0 Å². The number of guanidine groups is 1. The largest absolute Gasteiger partial charge is 0.370 e. The smallest absolute Gasteiger partial charge is 0.193 e. The number of aliphatic imine (C=N–C) groups is 1. The fourth-order valence-electron chi connectivity index (χ4n) is 2.81.